The largest absolute Gasteiger partial charge is 0.396 e. The molecule has 0 saturated heterocycles. The van der Waals surface area contributed by atoms with Crippen molar-refractivity contribution < 1.29 is 14.9 Å². The molecule has 1 atom stereocenters. The summed E-state index contributed by atoms with van der Waals surface area (Å²) in [5.41, 5.74) is 2.67. The lowest BCUT2D eigenvalue weighted by molar-refractivity contribution is -0.0583. The van der Waals surface area contributed by atoms with Gasteiger partial charge in [0.1, 0.15) is 0 Å². The Bertz CT molecular complexity index is 272. The molecule has 0 bridgehead atoms. The molecule has 0 aliphatic rings. The summed E-state index contributed by atoms with van der Waals surface area (Å²) in [7, 11) is 1.45. The van der Waals surface area contributed by atoms with E-state index in [4.69, 9.17) is 10.2 Å². The molecule has 1 aromatic rings. The molecule has 2 N–H and O–H groups in total. The summed E-state index contributed by atoms with van der Waals surface area (Å²) in [5.74, 6) is 0. The molecule has 0 aromatic heterocycles. The van der Waals surface area contributed by atoms with Crippen LogP contribution in [0.2, 0.25) is 0 Å². The Morgan fingerprint density at radius 1 is 1.22 bits per heavy atom. The zero-order valence-corrected chi connectivity index (χ0v) is 12.3. The smallest absolute Gasteiger partial charge is 0.151 e. The van der Waals surface area contributed by atoms with Gasteiger partial charge in [0.2, 0.25) is 0 Å². The van der Waals surface area contributed by atoms with Gasteiger partial charge < -0.3 is 14.9 Å². The first-order chi connectivity index (χ1) is 8.61. The molecule has 0 aliphatic heterocycles. The summed E-state index contributed by atoms with van der Waals surface area (Å²) in [6.45, 7) is 7.95. The van der Waals surface area contributed by atoms with Crippen molar-refractivity contribution >= 4 is 0 Å². The van der Waals surface area contributed by atoms with Crippen molar-refractivity contribution in [1.82, 2.24) is 0 Å². The van der Waals surface area contributed by atoms with Crippen molar-refractivity contribution in [2.45, 2.75) is 46.8 Å². The standard InChI is InChI=1S/C10H14O.C3H8O2.C2H6/c1-9-5-2-3-6-10(9)7-4-8-11;1-3(4)5-2;1-2/h2-3,5-6,11H,4,7-8H2,1H3;3-4H,1-2H3;1-2H3. The lowest BCUT2D eigenvalue weighted by Gasteiger charge is -2.02. The summed E-state index contributed by atoms with van der Waals surface area (Å²) >= 11 is 0. The van der Waals surface area contributed by atoms with Crippen LogP contribution in [0.25, 0.3) is 0 Å². The van der Waals surface area contributed by atoms with Gasteiger partial charge in [0, 0.05) is 13.7 Å². The summed E-state index contributed by atoms with van der Waals surface area (Å²) in [6, 6.07) is 8.30. The van der Waals surface area contributed by atoms with Gasteiger partial charge in [-0.05, 0) is 37.8 Å². The first kappa shape index (κ1) is 19.4. The van der Waals surface area contributed by atoms with Crippen LogP contribution in [0.1, 0.15) is 38.3 Å². The summed E-state index contributed by atoms with van der Waals surface area (Å²) in [6.07, 6.45) is 1.24. The summed E-state index contributed by atoms with van der Waals surface area (Å²) in [4.78, 5) is 0. The van der Waals surface area contributed by atoms with E-state index in [1.54, 1.807) is 6.92 Å². The lowest BCUT2D eigenvalue weighted by Crippen LogP contribution is -1.99. The van der Waals surface area contributed by atoms with E-state index in [2.05, 4.69) is 23.8 Å². The highest BCUT2D eigenvalue weighted by Crippen LogP contribution is 2.08. The molecule has 1 aromatic carbocycles. The molecule has 0 fully saturated rings. The molecule has 18 heavy (non-hydrogen) atoms. The second-order valence-electron chi connectivity index (χ2n) is 3.59. The number of aliphatic hydroxyl groups excluding tert-OH is 2. The van der Waals surface area contributed by atoms with Crippen LogP contribution in [0.5, 0.6) is 0 Å². The Morgan fingerprint density at radius 3 is 2.11 bits per heavy atom. The van der Waals surface area contributed by atoms with E-state index in [9.17, 15) is 0 Å². The minimum absolute atomic E-state index is 0.286. The van der Waals surface area contributed by atoms with E-state index in [1.165, 1.54) is 18.2 Å². The fraction of sp³-hybridized carbons (Fsp3) is 0.600. The van der Waals surface area contributed by atoms with Gasteiger partial charge >= 0.3 is 0 Å². The SMILES string of the molecule is CC.COC(C)O.Cc1ccccc1CCCO. The van der Waals surface area contributed by atoms with Gasteiger partial charge in [-0.3, -0.25) is 0 Å². The predicted molar refractivity (Wildman–Crippen MR) is 76.6 cm³/mol. The zero-order valence-electron chi connectivity index (χ0n) is 12.3. The van der Waals surface area contributed by atoms with Crippen LogP contribution >= 0.6 is 0 Å². The monoisotopic (exact) mass is 256 g/mol. The minimum Gasteiger partial charge on any atom is -0.396 e. The number of methoxy groups -OCH3 is 1. The van der Waals surface area contributed by atoms with Crippen LogP contribution in [0, 0.1) is 6.92 Å². The van der Waals surface area contributed by atoms with Crippen molar-refractivity contribution in [2.75, 3.05) is 13.7 Å². The topological polar surface area (TPSA) is 49.7 Å². The van der Waals surface area contributed by atoms with Crippen LogP contribution in [-0.2, 0) is 11.2 Å². The van der Waals surface area contributed by atoms with Crippen molar-refractivity contribution in [1.29, 1.82) is 0 Å². The number of ether oxygens (including phenoxy) is 1. The quantitative estimate of drug-likeness (QED) is 0.814. The van der Waals surface area contributed by atoms with Crippen LogP contribution in [-0.4, -0.2) is 30.2 Å². The molecule has 3 nitrogen and oxygen atoms in total. The van der Waals surface area contributed by atoms with Gasteiger partial charge in [0.15, 0.2) is 6.29 Å². The highest BCUT2D eigenvalue weighted by Gasteiger charge is 1.94. The van der Waals surface area contributed by atoms with Crippen molar-refractivity contribution in [3.63, 3.8) is 0 Å². The molecule has 0 saturated carbocycles. The fourth-order valence-corrected chi connectivity index (χ4v) is 1.16. The second kappa shape index (κ2) is 14.2. The van der Waals surface area contributed by atoms with E-state index in [0.717, 1.165) is 12.8 Å². The number of benzene rings is 1. The highest BCUT2D eigenvalue weighted by molar-refractivity contribution is 5.25. The Morgan fingerprint density at radius 2 is 1.72 bits per heavy atom. The Balaban J connectivity index is 0. The maximum atomic E-state index is 8.62. The molecule has 1 rings (SSSR count). The van der Waals surface area contributed by atoms with Gasteiger partial charge in [-0.25, -0.2) is 0 Å². The number of hydrogen-bond donors (Lipinski definition) is 2. The molecule has 0 spiro atoms. The van der Waals surface area contributed by atoms with E-state index in [0.29, 0.717) is 0 Å². The van der Waals surface area contributed by atoms with Gasteiger partial charge in [-0.15, -0.1) is 0 Å². The van der Waals surface area contributed by atoms with E-state index >= 15 is 0 Å². The zero-order chi connectivity index (χ0) is 14.4. The maximum absolute atomic E-state index is 8.62. The molecule has 0 aliphatic carbocycles. The molecule has 0 amide bonds. The molecule has 106 valence electrons. The van der Waals surface area contributed by atoms with E-state index in [-0.39, 0.29) is 6.61 Å². The van der Waals surface area contributed by atoms with Gasteiger partial charge in [0.25, 0.3) is 0 Å². The third-order valence-corrected chi connectivity index (χ3v) is 2.21. The molecular weight excluding hydrogens is 228 g/mol. The number of hydrogen-bond acceptors (Lipinski definition) is 3. The van der Waals surface area contributed by atoms with Crippen LogP contribution in [0.4, 0.5) is 0 Å². The molecular formula is C15H28O3. The van der Waals surface area contributed by atoms with Crippen LogP contribution < -0.4 is 0 Å². The van der Waals surface area contributed by atoms with E-state index < -0.39 is 6.29 Å². The highest BCUT2D eigenvalue weighted by atomic mass is 16.6. The van der Waals surface area contributed by atoms with Crippen molar-refractivity contribution in [3.05, 3.63) is 35.4 Å². The summed E-state index contributed by atoms with van der Waals surface area (Å²) < 4.78 is 4.31. The summed E-state index contributed by atoms with van der Waals surface area (Å²) in [5, 5.41) is 16.8. The van der Waals surface area contributed by atoms with Crippen molar-refractivity contribution in [3.8, 4) is 0 Å². The van der Waals surface area contributed by atoms with E-state index in [1.807, 2.05) is 26.0 Å². The normalized spacial score (nSPS) is 10.6. The maximum Gasteiger partial charge on any atom is 0.151 e. The molecule has 0 radical (unpaired) electrons. The van der Waals surface area contributed by atoms with Gasteiger partial charge in [-0.2, -0.15) is 0 Å². The van der Waals surface area contributed by atoms with Gasteiger partial charge in [-0.1, -0.05) is 38.1 Å². The molecule has 1 unspecified atom stereocenters. The fourth-order valence-electron chi connectivity index (χ4n) is 1.16. The lowest BCUT2D eigenvalue weighted by atomic mass is 10.0. The molecule has 0 heterocycles. The Labute approximate surface area is 111 Å². The Hall–Kier alpha value is -0.900. The van der Waals surface area contributed by atoms with Gasteiger partial charge in [0.05, 0.1) is 0 Å². The first-order valence-electron chi connectivity index (χ1n) is 6.48. The minimum atomic E-state index is -0.616. The number of aryl methyl sites for hydroxylation is 2. The Kier molecular flexibility index (Phi) is 15.3. The van der Waals surface area contributed by atoms with Crippen LogP contribution in [0.15, 0.2) is 24.3 Å². The average molecular weight is 256 g/mol. The molecule has 3 heteroatoms. The number of rotatable bonds is 4. The predicted octanol–water partition coefficient (Wildman–Crippen LogP) is 2.92. The second-order valence-corrected chi connectivity index (χ2v) is 3.59. The first-order valence-corrected chi connectivity index (χ1v) is 6.48. The van der Waals surface area contributed by atoms with Crippen molar-refractivity contribution in [2.24, 2.45) is 0 Å². The number of aliphatic hydroxyl groups is 2. The third-order valence-electron chi connectivity index (χ3n) is 2.21. The third kappa shape index (κ3) is 11.6. The van der Waals surface area contributed by atoms with Crippen LogP contribution in [0.3, 0.4) is 0 Å². The average Bonchev–Trinajstić information content (AvgIpc) is 2.41.